The van der Waals surface area contributed by atoms with Gasteiger partial charge in [-0.2, -0.15) is 0 Å². The van der Waals surface area contributed by atoms with Gasteiger partial charge in [0.1, 0.15) is 17.4 Å². The molecule has 156 valence electrons. The molecule has 1 aromatic heterocycles. The molecule has 0 saturated carbocycles. The second-order valence-corrected chi connectivity index (χ2v) is 7.26. The lowest BCUT2D eigenvalue weighted by Gasteiger charge is -2.15. The van der Waals surface area contributed by atoms with Crippen molar-refractivity contribution in [2.45, 2.75) is 25.8 Å². The van der Waals surface area contributed by atoms with Gasteiger partial charge in [0.2, 0.25) is 5.91 Å². The summed E-state index contributed by atoms with van der Waals surface area (Å²) in [6.07, 6.45) is -0.204. The molecule has 1 atom stereocenters. The van der Waals surface area contributed by atoms with Crippen LogP contribution in [0.15, 0.2) is 51.7 Å². The van der Waals surface area contributed by atoms with Gasteiger partial charge >= 0.3 is 11.6 Å². The van der Waals surface area contributed by atoms with Crippen molar-refractivity contribution in [1.82, 2.24) is 5.32 Å². The molecule has 8 heteroatoms. The van der Waals surface area contributed by atoms with Gasteiger partial charge < -0.3 is 19.6 Å². The van der Waals surface area contributed by atoms with Crippen molar-refractivity contribution in [1.29, 1.82) is 0 Å². The number of benzene rings is 2. The SMILES string of the molecule is COc1ccc2c(C)c(CC(=O)N[C@@H](Cc3ccc(Cl)cc3)C(=O)O)c(=O)oc2c1. The zero-order valence-electron chi connectivity index (χ0n) is 16.4. The molecule has 0 aliphatic rings. The molecule has 0 aliphatic heterocycles. The summed E-state index contributed by atoms with van der Waals surface area (Å²) in [7, 11) is 1.51. The number of ether oxygens (including phenoxy) is 1. The molecule has 0 saturated heterocycles. The van der Waals surface area contributed by atoms with E-state index < -0.39 is 23.5 Å². The van der Waals surface area contributed by atoms with Gasteiger partial charge in [-0.1, -0.05) is 23.7 Å². The molecule has 0 bridgehead atoms. The summed E-state index contributed by atoms with van der Waals surface area (Å²) < 4.78 is 10.5. The minimum Gasteiger partial charge on any atom is -0.497 e. The van der Waals surface area contributed by atoms with E-state index in [1.165, 1.54) is 7.11 Å². The summed E-state index contributed by atoms with van der Waals surface area (Å²) in [6, 6.07) is 10.6. The molecule has 2 aromatic carbocycles. The first-order chi connectivity index (χ1) is 14.3. The van der Waals surface area contributed by atoms with Crippen LogP contribution in [-0.4, -0.2) is 30.1 Å². The molecule has 1 heterocycles. The third-order valence-electron chi connectivity index (χ3n) is 4.82. The monoisotopic (exact) mass is 429 g/mol. The standard InChI is InChI=1S/C22H20ClNO6/c1-12-16-8-7-15(29-2)10-19(16)30-22(28)17(12)11-20(25)24-18(21(26)27)9-13-3-5-14(23)6-4-13/h3-8,10,18H,9,11H2,1-2H3,(H,24,25)(H,26,27)/t18-/m0/s1. The minimum atomic E-state index is -1.17. The lowest BCUT2D eigenvalue weighted by atomic mass is 10.0. The Morgan fingerprint density at radius 2 is 1.90 bits per heavy atom. The Labute approximate surface area is 177 Å². The second kappa shape index (κ2) is 9.00. The summed E-state index contributed by atoms with van der Waals surface area (Å²) in [6.45, 7) is 1.72. The predicted octanol–water partition coefficient (Wildman–Crippen LogP) is 3.12. The van der Waals surface area contributed by atoms with Gasteiger partial charge in [-0.25, -0.2) is 9.59 Å². The molecule has 7 nitrogen and oxygen atoms in total. The molecular formula is C22H20ClNO6. The Morgan fingerprint density at radius 3 is 2.53 bits per heavy atom. The Bertz CT molecular complexity index is 1150. The van der Waals surface area contributed by atoms with Crippen LogP contribution >= 0.6 is 11.6 Å². The maximum absolute atomic E-state index is 12.5. The van der Waals surface area contributed by atoms with E-state index in [1.54, 1.807) is 49.4 Å². The van der Waals surface area contributed by atoms with E-state index in [2.05, 4.69) is 5.32 Å². The number of hydrogen-bond donors (Lipinski definition) is 2. The number of halogens is 1. The van der Waals surface area contributed by atoms with Crippen LogP contribution in [0.3, 0.4) is 0 Å². The number of aryl methyl sites for hydroxylation is 1. The molecule has 30 heavy (non-hydrogen) atoms. The lowest BCUT2D eigenvalue weighted by Crippen LogP contribution is -2.43. The van der Waals surface area contributed by atoms with Crippen LogP contribution in [-0.2, 0) is 22.4 Å². The van der Waals surface area contributed by atoms with Crippen molar-refractivity contribution in [3.8, 4) is 5.75 Å². The average Bonchev–Trinajstić information content (AvgIpc) is 2.71. The zero-order chi connectivity index (χ0) is 21.8. The van der Waals surface area contributed by atoms with Gasteiger partial charge in [0.05, 0.1) is 19.1 Å². The molecular weight excluding hydrogens is 410 g/mol. The van der Waals surface area contributed by atoms with Gasteiger partial charge in [-0.15, -0.1) is 0 Å². The van der Waals surface area contributed by atoms with E-state index in [0.29, 0.717) is 32.9 Å². The summed E-state index contributed by atoms with van der Waals surface area (Å²) in [5, 5.41) is 13.2. The number of rotatable bonds is 7. The molecule has 3 rings (SSSR count). The van der Waals surface area contributed by atoms with Crippen molar-refractivity contribution in [2.24, 2.45) is 0 Å². The Hall–Kier alpha value is -3.32. The van der Waals surface area contributed by atoms with Crippen LogP contribution in [0.5, 0.6) is 5.75 Å². The van der Waals surface area contributed by atoms with Crippen LogP contribution in [0.2, 0.25) is 5.02 Å². The van der Waals surface area contributed by atoms with Crippen molar-refractivity contribution in [3.05, 3.63) is 74.6 Å². The van der Waals surface area contributed by atoms with Crippen LogP contribution in [0.25, 0.3) is 11.0 Å². The fourth-order valence-corrected chi connectivity index (χ4v) is 3.29. The minimum absolute atomic E-state index is 0.0867. The summed E-state index contributed by atoms with van der Waals surface area (Å²) in [4.78, 5) is 36.5. The number of methoxy groups -OCH3 is 1. The van der Waals surface area contributed by atoms with E-state index in [-0.39, 0.29) is 18.4 Å². The fraction of sp³-hybridized carbons (Fsp3) is 0.227. The first-order valence-electron chi connectivity index (χ1n) is 9.15. The topological polar surface area (TPSA) is 106 Å². The number of carbonyl (C=O) groups excluding carboxylic acids is 1. The first kappa shape index (κ1) is 21.4. The average molecular weight is 430 g/mol. The number of hydrogen-bond acceptors (Lipinski definition) is 5. The highest BCUT2D eigenvalue weighted by Gasteiger charge is 2.22. The molecule has 0 aliphatic carbocycles. The summed E-state index contributed by atoms with van der Waals surface area (Å²) in [5.41, 5.74) is 1.20. The van der Waals surface area contributed by atoms with Crippen LogP contribution in [0.4, 0.5) is 0 Å². The number of aliphatic carboxylic acids is 1. The predicted molar refractivity (Wildman–Crippen MR) is 112 cm³/mol. The number of carboxylic acids is 1. The highest BCUT2D eigenvalue weighted by atomic mass is 35.5. The first-order valence-corrected chi connectivity index (χ1v) is 9.53. The van der Waals surface area contributed by atoms with Crippen molar-refractivity contribution >= 4 is 34.4 Å². The van der Waals surface area contributed by atoms with E-state index >= 15 is 0 Å². The Morgan fingerprint density at radius 1 is 1.20 bits per heavy atom. The maximum Gasteiger partial charge on any atom is 0.340 e. The summed E-state index contributed by atoms with van der Waals surface area (Å²) in [5.74, 6) is -1.21. The second-order valence-electron chi connectivity index (χ2n) is 6.82. The number of amides is 1. The van der Waals surface area contributed by atoms with Crippen LogP contribution in [0, 0.1) is 6.92 Å². The number of carboxylic acid groups (broad SMARTS) is 1. The molecule has 1 amide bonds. The van der Waals surface area contributed by atoms with Crippen molar-refractivity contribution < 1.29 is 23.8 Å². The molecule has 3 aromatic rings. The molecule has 0 fully saturated rings. The van der Waals surface area contributed by atoms with Crippen LogP contribution in [0.1, 0.15) is 16.7 Å². The quantitative estimate of drug-likeness (QED) is 0.559. The van der Waals surface area contributed by atoms with Gasteiger partial charge in [-0.3, -0.25) is 4.79 Å². The molecule has 0 radical (unpaired) electrons. The van der Waals surface area contributed by atoms with Gasteiger partial charge in [0.15, 0.2) is 0 Å². The summed E-state index contributed by atoms with van der Waals surface area (Å²) >= 11 is 5.84. The normalized spacial score (nSPS) is 11.8. The number of carbonyl (C=O) groups is 2. The van der Waals surface area contributed by atoms with E-state index in [0.717, 1.165) is 0 Å². The van der Waals surface area contributed by atoms with Crippen LogP contribution < -0.4 is 15.7 Å². The lowest BCUT2D eigenvalue weighted by molar-refractivity contribution is -0.141. The molecule has 0 unspecified atom stereocenters. The molecule has 2 N–H and O–H groups in total. The Kier molecular flexibility index (Phi) is 6.42. The maximum atomic E-state index is 12.5. The Balaban J connectivity index is 1.80. The van der Waals surface area contributed by atoms with E-state index in [4.69, 9.17) is 20.8 Å². The largest absolute Gasteiger partial charge is 0.497 e. The highest BCUT2D eigenvalue weighted by molar-refractivity contribution is 6.30. The highest BCUT2D eigenvalue weighted by Crippen LogP contribution is 2.24. The molecule has 0 spiro atoms. The third kappa shape index (κ3) is 4.80. The fourth-order valence-electron chi connectivity index (χ4n) is 3.17. The van der Waals surface area contributed by atoms with E-state index in [9.17, 15) is 19.5 Å². The smallest absolute Gasteiger partial charge is 0.340 e. The van der Waals surface area contributed by atoms with E-state index in [1.807, 2.05) is 0 Å². The van der Waals surface area contributed by atoms with Gasteiger partial charge in [-0.05, 0) is 42.3 Å². The number of nitrogens with one attached hydrogen (secondary N) is 1. The van der Waals surface area contributed by atoms with Gasteiger partial charge in [0, 0.05) is 22.9 Å². The van der Waals surface area contributed by atoms with Crippen molar-refractivity contribution in [3.63, 3.8) is 0 Å². The van der Waals surface area contributed by atoms with Crippen molar-refractivity contribution in [2.75, 3.05) is 7.11 Å². The number of fused-ring (bicyclic) bond motifs is 1. The van der Waals surface area contributed by atoms with Gasteiger partial charge in [0.25, 0.3) is 0 Å². The zero-order valence-corrected chi connectivity index (χ0v) is 17.2. The third-order valence-corrected chi connectivity index (χ3v) is 5.07.